The molecule has 2 heterocycles. The number of thiophene rings is 1. The van der Waals surface area contributed by atoms with Gasteiger partial charge in [-0.2, -0.15) is 0 Å². The molecule has 1 amide bonds. The van der Waals surface area contributed by atoms with Crippen molar-refractivity contribution in [1.29, 1.82) is 0 Å². The van der Waals surface area contributed by atoms with Crippen LogP contribution in [0.1, 0.15) is 29.7 Å². The van der Waals surface area contributed by atoms with Gasteiger partial charge in [0.05, 0.1) is 6.54 Å². The zero-order chi connectivity index (χ0) is 16.7. The number of rotatable bonds is 2. The molecule has 1 N–H and O–H groups in total. The molecule has 0 atom stereocenters. The Bertz CT molecular complexity index is 779. The van der Waals surface area contributed by atoms with Gasteiger partial charge in [0.2, 0.25) is 5.91 Å². The Morgan fingerprint density at radius 3 is 2.83 bits per heavy atom. The number of benzene rings is 1. The fraction of sp³-hybridized carbons (Fsp3) is 0.421. The quantitative estimate of drug-likeness (QED) is 0.898. The highest BCUT2D eigenvalue weighted by atomic mass is 32.1. The number of phenolic OH excluding ortho intramolecular Hbond substituents is 1. The Balaban J connectivity index is 1.66. The molecule has 0 spiro atoms. The Morgan fingerprint density at radius 1 is 1.33 bits per heavy atom. The van der Waals surface area contributed by atoms with Crippen LogP contribution >= 0.6 is 11.3 Å². The van der Waals surface area contributed by atoms with Gasteiger partial charge < -0.3 is 14.7 Å². The van der Waals surface area contributed by atoms with E-state index in [9.17, 15) is 9.90 Å². The zero-order valence-corrected chi connectivity index (χ0v) is 14.6. The highest BCUT2D eigenvalue weighted by Gasteiger charge is 2.31. The second-order valence-electron chi connectivity index (χ2n) is 6.63. The van der Waals surface area contributed by atoms with Crippen LogP contribution in [0.15, 0.2) is 24.3 Å². The number of phenols is 1. The fourth-order valence-corrected chi connectivity index (χ4v) is 4.19. The third-order valence-electron chi connectivity index (χ3n) is 4.91. The Hall–Kier alpha value is -2.01. The average molecular weight is 343 g/mol. The van der Waals surface area contributed by atoms with E-state index >= 15 is 0 Å². The van der Waals surface area contributed by atoms with Crippen LogP contribution in [0.5, 0.6) is 11.5 Å². The van der Waals surface area contributed by atoms with Crippen LogP contribution < -0.4 is 4.74 Å². The van der Waals surface area contributed by atoms with Crippen molar-refractivity contribution < 1.29 is 14.6 Å². The molecule has 0 unspecified atom stereocenters. The molecular formula is C19H21NO3S. The lowest BCUT2D eigenvalue weighted by atomic mass is 9.84. The molecule has 5 heteroatoms. The Labute approximate surface area is 145 Å². The summed E-state index contributed by atoms with van der Waals surface area (Å²) in [5.74, 6) is 1.10. The summed E-state index contributed by atoms with van der Waals surface area (Å²) in [6.45, 7) is 3.59. The summed E-state index contributed by atoms with van der Waals surface area (Å²) in [7, 11) is 0. The van der Waals surface area contributed by atoms with E-state index in [-0.39, 0.29) is 17.6 Å². The molecule has 126 valence electrons. The third kappa shape index (κ3) is 2.77. The highest BCUT2D eigenvalue weighted by Crippen LogP contribution is 2.40. The minimum Gasteiger partial charge on any atom is -0.504 e. The van der Waals surface area contributed by atoms with Gasteiger partial charge in [0.1, 0.15) is 6.61 Å². The summed E-state index contributed by atoms with van der Waals surface area (Å²) in [6, 6.07) is 7.95. The monoisotopic (exact) mass is 343 g/mol. The van der Waals surface area contributed by atoms with Crippen molar-refractivity contribution in [2.45, 2.75) is 32.7 Å². The van der Waals surface area contributed by atoms with Crippen molar-refractivity contribution in [2.24, 2.45) is 5.92 Å². The molecule has 0 bridgehead atoms. The van der Waals surface area contributed by atoms with Crippen molar-refractivity contribution in [3.05, 3.63) is 34.7 Å². The maximum Gasteiger partial charge on any atom is 0.226 e. The summed E-state index contributed by atoms with van der Waals surface area (Å²) in [5.41, 5.74) is 1.87. The molecule has 24 heavy (non-hydrogen) atoms. The summed E-state index contributed by atoms with van der Waals surface area (Å²) < 4.78 is 5.75. The van der Waals surface area contributed by atoms with Crippen LogP contribution in [0.25, 0.3) is 10.4 Å². The van der Waals surface area contributed by atoms with E-state index in [2.05, 4.69) is 19.1 Å². The first-order valence-electron chi connectivity index (χ1n) is 8.46. The van der Waals surface area contributed by atoms with Crippen molar-refractivity contribution >= 4 is 17.2 Å². The van der Waals surface area contributed by atoms with E-state index in [1.807, 2.05) is 11.0 Å². The molecule has 0 radical (unpaired) electrons. The number of fused-ring (bicyclic) bond motifs is 1. The van der Waals surface area contributed by atoms with Crippen LogP contribution in [0.2, 0.25) is 0 Å². The molecule has 1 aromatic carbocycles. The van der Waals surface area contributed by atoms with Crippen LogP contribution in [-0.2, 0) is 11.3 Å². The van der Waals surface area contributed by atoms with Gasteiger partial charge in [0, 0.05) is 27.8 Å². The van der Waals surface area contributed by atoms with Gasteiger partial charge >= 0.3 is 0 Å². The van der Waals surface area contributed by atoms with Gasteiger partial charge in [-0.05, 0) is 49.6 Å². The number of nitrogens with zero attached hydrogens (tertiary/aromatic N) is 1. The molecule has 4 rings (SSSR count). The maximum atomic E-state index is 12.6. The normalized spacial score (nSPS) is 17.6. The summed E-state index contributed by atoms with van der Waals surface area (Å²) in [4.78, 5) is 16.8. The topological polar surface area (TPSA) is 49.8 Å². The van der Waals surface area contributed by atoms with E-state index in [0.29, 0.717) is 25.4 Å². The number of hydrogen-bond donors (Lipinski definition) is 1. The van der Waals surface area contributed by atoms with Crippen LogP contribution in [0.4, 0.5) is 0 Å². The Kier molecular flexibility index (Phi) is 3.96. The third-order valence-corrected chi connectivity index (χ3v) is 5.96. The number of carbonyl (C=O) groups is 1. The van der Waals surface area contributed by atoms with Gasteiger partial charge in [0.25, 0.3) is 0 Å². The van der Waals surface area contributed by atoms with E-state index in [0.717, 1.165) is 35.3 Å². The molecule has 1 aliphatic heterocycles. The molecule has 2 aromatic rings. The van der Waals surface area contributed by atoms with E-state index < -0.39 is 0 Å². The average Bonchev–Trinajstić information content (AvgIpc) is 2.80. The largest absolute Gasteiger partial charge is 0.504 e. The molecular weight excluding hydrogens is 322 g/mol. The van der Waals surface area contributed by atoms with Crippen LogP contribution in [-0.4, -0.2) is 29.1 Å². The first-order valence-corrected chi connectivity index (χ1v) is 9.28. The van der Waals surface area contributed by atoms with E-state index in [1.165, 1.54) is 4.88 Å². The first-order chi connectivity index (χ1) is 11.6. The highest BCUT2D eigenvalue weighted by molar-refractivity contribution is 7.15. The second kappa shape index (κ2) is 6.13. The summed E-state index contributed by atoms with van der Waals surface area (Å²) in [6.07, 6.45) is 3.16. The molecule has 2 aliphatic rings. The fourth-order valence-electron chi connectivity index (χ4n) is 3.33. The minimum absolute atomic E-state index is 0.159. The lowest BCUT2D eigenvalue weighted by molar-refractivity contribution is -0.138. The zero-order valence-electron chi connectivity index (χ0n) is 13.7. The van der Waals surface area contributed by atoms with E-state index in [4.69, 9.17) is 4.74 Å². The number of ether oxygens (including phenoxy) is 1. The number of amides is 1. The molecule has 0 saturated heterocycles. The van der Waals surface area contributed by atoms with Crippen molar-refractivity contribution in [2.75, 3.05) is 13.2 Å². The predicted molar refractivity (Wildman–Crippen MR) is 94.4 cm³/mol. The second-order valence-corrected chi connectivity index (χ2v) is 7.92. The van der Waals surface area contributed by atoms with Crippen molar-refractivity contribution in [3.8, 4) is 21.9 Å². The molecule has 1 aliphatic carbocycles. The molecule has 1 aromatic heterocycles. The van der Waals surface area contributed by atoms with Crippen molar-refractivity contribution in [1.82, 2.24) is 4.90 Å². The minimum atomic E-state index is 0.159. The molecule has 4 nitrogen and oxygen atoms in total. The number of hydrogen-bond acceptors (Lipinski definition) is 4. The standard InChI is InChI=1S/C19H21NO3S/c1-12-5-6-17(24-12)14-9-15-11-20(19(22)13-3-2-4-13)7-8-23-18(15)16(21)10-14/h5-6,9-10,13,21H,2-4,7-8,11H2,1H3. The Morgan fingerprint density at radius 2 is 2.17 bits per heavy atom. The number of carbonyl (C=O) groups excluding carboxylic acids is 1. The van der Waals surface area contributed by atoms with Gasteiger partial charge in [-0.15, -0.1) is 11.3 Å². The molecule has 1 saturated carbocycles. The summed E-state index contributed by atoms with van der Waals surface area (Å²) in [5, 5.41) is 10.4. The van der Waals surface area contributed by atoms with Crippen molar-refractivity contribution in [3.63, 3.8) is 0 Å². The SMILES string of the molecule is Cc1ccc(-c2cc(O)c3c(c2)CN(C(=O)C2CCC2)CCO3)s1. The molecule has 1 fully saturated rings. The number of aryl methyl sites for hydroxylation is 1. The predicted octanol–water partition coefficient (Wildman–Crippen LogP) is 3.95. The lowest BCUT2D eigenvalue weighted by Crippen LogP contribution is -2.39. The van der Waals surface area contributed by atoms with Gasteiger partial charge in [-0.25, -0.2) is 0 Å². The number of aromatic hydroxyl groups is 1. The van der Waals surface area contributed by atoms with Gasteiger partial charge in [-0.1, -0.05) is 6.42 Å². The smallest absolute Gasteiger partial charge is 0.226 e. The van der Waals surface area contributed by atoms with Crippen LogP contribution in [0.3, 0.4) is 0 Å². The first kappa shape index (κ1) is 15.5. The van der Waals surface area contributed by atoms with Gasteiger partial charge in [-0.3, -0.25) is 4.79 Å². The summed E-state index contributed by atoms with van der Waals surface area (Å²) >= 11 is 1.70. The van der Waals surface area contributed by atoms with Gasteiger partial charge in [0.15, 0.2) is 11.5 Å². The van der Waals surface area contributed by atoms with Crippen LogP contribution in [0, 0.1) is 12.8 Å². The van der Waals surface area contributed by atoms with E-state index in [1.54, 1.807) is 17.4 Å². The lowest BCUT2D eigenvalue weighted by Gasteiger charge is -2.30. The maximum absolute atomic E-state index is 12.6.